The number of carbonyl (C=O) groups excluding carboxylic acids is 1. The zero-order valence-corrected chi connectivity index (χ0v) is 9.51. The summed E-state index contributed by atoms with van der Waals surface area (Å²) in [6.07, 6.45) is 1.50. The Morgan fingerprint density at radius 2 is 2.31 bits per heavy atom. The smallest absolute Gasteiger partial charge is 0.252 e. The van der Waals surface area contributed by atoms with Crippen molar-refractivity contribution in [3.8, 4) is 0 Å². The first kappa shape index (κ1) is 11.0. The standard InChI is InChI=1S/C10H11ClN4O/c1-6(7-4-12-5-7)9(16)14-8-2-3-13-10(11)15-8/h2-3,12H,4-5H2,1H3,(H,13,14,15,16). The summed E-state index contributed by atoms with van der Waals surface area (Å²) in [5.74, 6) is 0.267. The molecule has 0 spiro atoms. The van der Waals surface area contributed by atoms with Crippen LogP contribution in [-0.4, -0.2) is 29.0 Å². The number of amides is 1. The minimum absolute atomic E-state index is 0.119. The monoisotopic (exact) mass is 238 g/mol. The highest BCUT2D eigenvalue weighted by Gasteiger charge is 2.16. The van der Waals surface area contributed by atoms with Crippen LogP contribution in [0.25, 0.3) is 0 Å². The molecule has 1 saturated heterocycles. The lowest BCUT2D eigenvalue weighted by Gasteiger charge is -2.21. The van der Waals surface area contributed by atoms with Crippen LogP contribution in [-0.2, 0) is 4.79 Å². The first-order valence-corrected chi connectivity index (χ1v) is 5.24. The van der Waals surface area contributed by atoms with E-state index in [0.717, 1.165) is 24.2 Å². The zero-order chi connectivity index (χ0) is 11.5. The quantitative estimate of drug-likeness (QED) is 0.596. The molecule has 2 N–H and O–H groups in total. The number of hydrogen-bond donors (Lipinski definition) is 2. The average molecular weight is 239 g/mol. The molecular formula is C10H11ClN4O. The molecule has 0 atom stereocenters. The van der Waals surface area contributed by atoms with Crippen molar-refractivity contribution in [1.82, 2.24) is 15.3 Å². The molecule has 0 unspecified atom stereocenters. The van der Waals surface area contributed by atoms with E-state index < -0.39 is 0 Å². The van der Waals surface area contributed by atoms with E-state index in [2.05, 4.69) is 20.6 Å². The highest BCUT2D eigenvalue weighted by Crippen LogP contribution is 2.12. The Labute approximate surface area is 97.9 Å². The lowest BCUT2D eigenvalue weighted by atomic mass is 10.0. The fourth-order valence-corrected chi connectivity index (χ4v) is 1.44. The van der Waals surface area contributed by atoms with E-state index in [1.165, 1.54) is 6.20 Å². The summed E-state index contributed by atoms with van der Waals surface area (Å²) in [6.45, 7) is 3.36. The number of rotatable bonds is 2. The van der Waals surface area contributed by atoms with Crippen LogP contribution in [0.1, 0.15) is 6.92 Å². The summed E-state index contributed by atoms with van der Waals surface area (Å²) in [5.41, 5.74) is 1.85. The predicted octanol–water partition coefficient (Wildman–Crippen LogP) is 0.988. The van der Waals surface area contributed by atoms with Gasteiger partial charge in [-0.05, 0) is 30.2 Å². The van der Waals surface area contributed by atoms with E-state index in [-0.39, 0.29) is 11.2 Å². The minimum Gasteiger partial charge on any atom is -0.309 e. The molecule has 1 aromatic rings. The van der Waals surface area contributed by atoms with Crippen LogP contribution in [0.5, 0.6) is 0 Å². The molecule has 0 aliphatic carbocycles. The maximum Gasteiger partial charge on any atom is 0.252 e. The Morgan fingerprint density at radius 3 is 2.88 bits per heavy atom. The van der Waals surface area contributed by atoms with Gasteiger partial charge in [-0.25, -0.2) is 9.97 Å². The van der Waals surface area contributed by atoms with Crippen molar-refractivity contribution in [2.24, 2.45) is 0 Å². The van der Waals surface area contributed by atoms with Gasteiger partial charge in [-0.15, -0.1) is 0 Å². The van der Waals surface area contributed by atoms with Gasteiger partial charge in [0.05, 0.1) is 0 Å². The maximum absolute atomic E-state index is 11.8. The molecule has 84 valence electrons. The predicted molar refractivity (Wildman–Crippen MR) is 61.2 cm³/mol. The highest BCUT2D eigenvalue weighted by molar-refractivity contribution is 6.28. The van der Waals surface area contributed by atoms with Gasteiger partial charge in [-0.3, -0.25) is 4.79 Å². The molecule has 1 aromatic heterocycles. The lowest BCUT2D eigenvalue weighted by molar-refractivity contribution is -0.112. The third kappa shape index (κ3) is 2.37. The molecule has 2 rings (SSSR count). The van der Waals surface area contributed by atoms with Gasteiger partial charge in [0.1, 0.15) is 5.82 Å². The number of halogens is 1. The second-order valence-electron chi connectivity index (χ2n) is 3.50. The zero-order valence-electron chi connectivity index (χ0n) is 8.75. The summed E-state index contributed by atoms with van der Waals surface area (Å²) in [6, 6.07) is 1.60. The van der Waals surface area contributed by atoms with Gasteiger partial charge in [-0.1, -0.05) is 0 Å². The summed E-state index contributed by atoms with van der Waals surface area (Å²) in [4.78, 5) is 19.4. The molecule has 0 radical (unpaired) electrons. The lowest BCUT2D eigenvalue weighted by Crippen LogP contribution is -2.36. The molecule has 1 aliphatic heterocycles. The summed E-state index contributed by atoms with van der Waals surface area (Å²) in [5, 5.41) is 5.88. The van der Waals surface area contributed by atoms with Gasteiger partial charge in [0.2, 0.25) is 5.28 Å². The number of carbonyl (C=O) groups is 1. The van der Waals surface area contributed by atoms with E-state index in [1.54, 1.807) is 13.0 Å². The molecule has 0 saturated carbocycles. The van der Waals surface area contributed by atoms with Gasteiger partial charge < -0.3 is 10.6 Å². The van der Waals surface area contributed by atoms with Crippen LogP contribution in [0.3, 0.4) is 0 Å². The molecule has 5 nitrogen and oxygen atoms in total. The third-order valence-corrected chi connectivity index (χ3v) is 2.60. The van der Waals surface area contributed by atoms with Crippen molar-refractivity contribution in [3.05, 3.63) is 28.7 Å². The van der Waals surface area contributed by atoms with Crippen LogP contribution in [0, 0.1) is 0 Å². The number of anilines is 1. The van der Waals surface area contributed by atoms with Crippen molar-refractivity contribution in [3.63, 3.8) is 0 Å². The number of nitrogens with one attached hydrogen (secondary N) is 2. The average Bonchev–Trinajstić information content (AvgIpc) is 2.14. The molecular weight excluding hydrogens is 228 g/mol. The largest absolute Gasteiger partial charge is 0.309 e. The van der Waals surface area contributed by atoms with Crippen molar-refractivity contribution >= 4 is 23.3 Å². The number of nitrogens with zero attached hydrogens (tertiary/aromatic N) is 2. The second-order valence-corrected chi connectivity index (χ2v) is 3.84. The Kier molecular flexibility index (Phi) is 3.17. The molecule has 1 fully saturated rings. The van der Waals surface area contributed by atoms with E-state index in [1.807, 2.05) is 0 Å². The summed E-state index contributed by atoms with van der Waals surface area (Å²) >= 11 is 5.61. The van der Waals surface area contributed by atoms with Crippen molar-refractivity contribution in [2.75, 3.05) is 18.4 Å². The maximum atomic E-state index is 11.8. The molecule has 0 aromatic carbocycles. The van der Waals surface area contributed by atoms with E-state index in [9.17, 15) is 4.79 Å². The van der Waals surface area contributed by atoms with E-state index in [4.69, 9.17) is 11.6 Å². The van der Waals surface area contributed by atoms with Crippen LogP contribution in [0.15, 0.2) is 23.4 Å². The van der Waals surface area contributed by atoms with Gasteiger partial charge >= 0.3 is 0 Å². The fraction of sp³-hybridized carbons (Fsp3) is 0.300. The Hall–Kier alpha value is -1.46. The second kappa shape index (κ2) is 4.59. The summed E-state index contributed by atoms with van der Waals surface area (Å²) in [7, 11) is 0. The van der Waals surface area contributed by atoms with E-state index >= 15 is 0 Å². The van der Waals surface area contributed by atoms with Crippen LogP contribution < -0.4 is 10.6 Å². The SMILES string of the molecule is CC(C(=O)Nc1ccnc(Cl)n1)=C1CNC1. The van der Waals surface area contributed by atoms with Gasteiger partial charge in [0.25, 0.3) is 5.91 Å². The van der Waals surface area contributed by atoms with Crippen molar-refractivity contribution in [2.45, 2.75) is 6.92 Å². The van der Waals surface area contributed by atoms with Gasteiger partial charge in [-0.2, -0.15) is 0 Å². The first-order valence-electron chi connectivity index (χ1n) is 4.86. The normalized spacial score (nSPS) is 14.2. The van der Waals surface area contributed by atoms with Crippen LogP contribution >= 0.6 is 11.6 Å². The van der Waals surface area contributed by atoms with E-state index in [0.29, 0.717) is 5.82 Å². The fourth-order valence-electron chi connectivity index (χ4n) is 1.29. The van der Waals surface area contributed by atoms with Gasteiger partial charge in [0.15, 0.2) is 0 Å². The molecule has 6 heteroatoms. The van der Waals surface area contributed by atoms with Crippen molar-refractivity contribution in [1.29, 1.82) is 0 Å². The molecule has 16 heavy (non-hydrogen) atoms. The minimum atomic E-state index is -0.147. The van der Waals surface area contributed by atoms with Crippen LogP contribution in [0.4, 0.5) is 5.82 Å². The first-order chi connectivity index (χ1) is 7.66. The topological polar surface area (TPSA) is 66.9 Å². The molecule has 0 bridgehead atoms. The number of aromatic nitrogens is 2. The summed E-state index contributed by atoms with van der Waals surface area (Å²) < 4.78 is 0. The van der Waals surface area contributed by atoms with Crippen molar-refractivity contribution < 1.29 is 4.79 Å². The molecule has 2 heterocycles. The highest BCUT2D eigenvalue weighted by atomic mass is 35.5. The van der Waals surface area contributed by atoms with Crippen LogP contribution in [0.2, 0.25) is 5.28 Å². The number of hydrogen-bond acceptors (Lipinski definition) is 4. The molecule has 1 amide bonds. The Morgan fingerprint density at radius 1 is 1.56 bits per heavy atom. The third-order valence-electron chi connectivity index (χ3n) is 2.42. The Bertz CT molecular complexity index is 452. The Balaban J connectivity index is 2.07. The molecule has 1 aliphatic rings. The van der Waals surface area contributed by atoms with Gasteiger partial charge in [0, 0.05) is 24.9 Å².